The van der Waals surface area contributed by atoms with E-state index in [-0.39, 0.29) is 18.2 Å². The van der Waals surface area contributed by atoms with Gasteiger partial charge in [-0.05, 0) is 51.3 Å². The number of Topliss-reactive ketones (excluding diaryl/α,β-unsaturated/α-hetero) is 1. The highest BCUT2D eigenvalue weighted by Gasteiger charge is 2.51. The summed E-state index contributed by atoms with van der Waals surface area (Å²) in [4.78, 5) is 43.8. The van der Waals surface area contributed by atoms with E-state index in [0.29, 0.717) is 18.4 Å². The number of nitrogens with zero attached hydrogens (tertiary/aromatic N) is 3. The third kappa shape index (κ3) is 3.24. The molecule has 0 unspecified atom stereocenters. The number of carbonyl (C=O) groups is 3. The summed E-state index contributed by atoms with van der Waals surface area (Å²) in [6.45, 7) is 5.53. The average molecular weight is 394 g/mol. The molecule has 152 valence electrons. The molecule has 7 heteroatoms. The van der Waals surface area contributed by atoms with Crippen LogP contribution in [-0.2, 0) is 4.79 Å². The Morgan fingerprint density at radius 3 is 2.52 bits per heavy atom. The summed E-state index contributed by atoms with van der Waals surface area (Å²) >= 11 is 0. The van der Waals surface area contributed by atoms with Gasteiger partial charge in [0, 0.05) is 23.1 Å². The van der Waals surface area contributed by atoms with E-state index in [0.717, 1.165) is 46.8 Å². The number of urea groups is 1. The fraction of sp³-hybridized carbons (Fsp3) is 0.455. The van der Waals surface area contributed by atoms with Crippen LogP contribution < -0.4 is 5.32 Å². The second-order valence-electron chi connectivity index (χ2n) is 8.23. The Bertz CT molecular complexity index is 1000. The molecule has 0 bridgehead atoms. The van der Waals surface area contributed by atoms with Crippen LogP contribution in [0.5, 0.6) is 0 Å². The van der Waals surface area contributed by atoms with Crippen LogP contribution in [0, 0.1) is 20.8 Å². The number of hydrogen-bond acceptors (Lipinski definition) is 4. The maximum Gasteiger partial charge on any atom is 0.325 e. The van der Waals surface area contributed by atoms with E-state index in [1.165, 1.54) is 0 Å². The van der Waals surface area contributed by atoms with Crippen molar-refractivity contribution in [2.24, 2.45) is 0 Å². The third-order valence-electron chi connectivity index (χ3n) is 6.10. The van der Waals surface area contributed by atoms with Crippen molar-refractivity contribution in [2.45, 2.75) is 58.4 Å². The van der Waals surface area contributed by atoms with Crippen molar-refractivity contribution in [1.82, 2.24) is 19.8 Å². The van der Waals surface area contributed by atoms with Crippen LogP contribution in [0.4, 0.5) is 4.79 Å². The normalized spacial score (nSPS) is 18.4. The third-order valence-corrected chi connectivity index (χ3v) is 6.10. The Morgan fingerprint density at radius 1 is 1.10 bits per heavy atom. The van der Waals surface area contributed by atoms with Gasteiger partial charge in [0.05, 0.1) is 18.4 Å². The lowest BCUT2D eigenvalue weighted by molar-refractivity contribution is -0.132. The van der Waals surface area contributed by atoms with E-state index < -0.39 is 11.6 Å². The van der Waals surface area contributed by atoms with Gasteiger partial charge in [-0.15, -0.1) is 0 Å². The second-order valence-corrected chi connectivity index (χ2v) is 8.23. The fourth-order valence-corrected chi connectivity index (χ4v) is 4.65. The van der Waals surface area contributed by atoms with Crippen molar-refractivity contribution in [3.8, 4) is 5.69 Å². The number of nitrogens with one attached hydrogen (secondary N) is 1. The summed E-state index contributed by atoms with van der Waals surface area (Å²) in [7, 11) is 0. The van der Waals surface area contributed by atoms with Crippen LogP contribution in [0.2, 0.25) is 0 Å². The highest BCUT2D eigenvalue weighted by molar-refractivity contribution is 6.11. The number of pyridine rings is 1. The predicted octanol–water partition coefficient (Wildman–Crippen LogP) is 3.23. The van der Waals surface area contributed by atoms with E-state index in [2.05, 4.69) is 10.3 Å². The van der Waals surface area contributed by atoms with Gasteiger partial charge in [-0.1, -0.05) is 19.3 Å². The lowest BCUT2D eigenvalue weighted by Crippen LogP contribution is -2.48. The van der Waals surface area contributed by atoms with Gasteiger partial charge in [0.2, 0.25) is 0 Å². The van der Waals surface area contributed by atoms with Gasteiger partial charge < -0.3 is 9.88 Å². The maximum absolute atomic E-state index is 13.0. The Hall–Kier alpha value is -2.96. The zero-order valence-electron chi connectivity index (χ0n) is 17.1. The largest absolute Gasteiger partial charge is 0.325 e. The summed E-state index contributed by atoms with van der Waals surface area (Å²) in [5.41, 5.74) is 3.31. The van der Waals surface area contributed by atoms with E-state index in [1.807, 2.05) is 37.5 Å². The van der Waals surface area contributed by atoms with Crippen molar-refractivity contribution in [3.05, 3.63) is 47.0 Å². The second kappa shape index (κ2) is 7.13. The van der Waals surface area contributed by atoms with Crippen molar-refractivity contribution in [1.29, 1.82) is 0 Å². The number of aryl methyl sites for hydroxylation is 2. The molecule has 1 aliphatic carbocycles. The number of hydrogen-bond donors (Lipinski definition) is 1. The summed E-state index contributed by atoms with van der Waals surface area (Å²) in [5, 5.41) is 2.86. The van der Waals surface area contributed by atoms with E-state index in [1.54, 1.807) is 12.4 Å². The summed E-state index contributed by atoms with van der Waals surface area (Å²) in [6, 6.07) is 3.36. The minimum atomic E-state index is -0.806. The fourth-order valence-electron chi connectivity index (χ4n) is 4.65. The van der Waals surface area contributed by atoms with E-state index >= 15 is 0 Å². The Kier molecular flexibility index (Phi) is 4.76. The molecule has 1 spiro atoms. The van der Waals surface area contributed by atoms with Crippen molar-refractivity contribution in [3.63, 3.8) is 0 Å². The first kappa shape index (κ1) is 19.4. The molecule has 2 fully saturated rings. The lowest BCUT2D eigenvalue weighted by atomic mass is 9.82. The van der Waals surface area contributed by atoms with Crippen LogP contribution in [0.25, 0.3) is 5.69 Å². The minimum absolute atomic E-state index is 0.233. The Balaban J connectivity index is 1.59. The van der Waals surface area contributed by atoms with E-state index in [9.17, 15) is 14.4 Å². The van der Waals surface area contributed by atoms with Crippen molar-refractivity contribution >= 4 is 17.7 Å². The monoisotopic (exact) mass is 394 g/mol. The Morgan fingerprint density at radius 2 is 1.83 bits per heavy atom. The molecule has 1 aliphatic heterocycles. The molecule has 29 heavy (non-hydrogen) atoms. The van der Waals surface area contributed by atoms with Crippen molar-refractivity contribution < 1.29 is 14.4 Å². The Labute approximate surface area is 170 Å². The standard InChI is InChI=1S/C22H26N4O3/c1-14-9-17(12-23-11-14)26-15(2)10-18(16(26)3)19(27)13-25-20(28)22(24-21(25)29)7-5-4-6-8-22/h9-12H,4-8,13H2,1-3H3,(H,24,29). The molecule has 1 saturated heterocycles. The molecule has 7 nitrogen and oxygen atoms in total. The van der Waals surface area contributed by atoms with Crippen LogP contribution in [0.1, 0.15) is 59.4 Å². The molecule has 0 atom stereocenters. The molecule has 3 heterocycles. The average Bonchev–Trinajstić information content (AvgIpc) is 3.10. The molecule has 1 saturated carbocycles. The molecular formula is C22H26N4O3. The number of carbonyl (C=O) groups excluding carboxylic acids is 3. The SMILES string of the molecule is Cc1cncc(-n2c(C)cc(C(=O)CN3C(=O)NC4(CCCCC4)C3=O)c2C)c1. The first-order valence-corrected chi connectivity index (χ1v) is 10.1. The molecule has 2 aliphatic rings. The smallest absolute Gasteiger partial charge is 0.323 e. The predicted molar refractivity (Wildman–Crippen MR) is 108 cm³/mol. The van der Waals surface area contributed by atoms with Gasteiger partial charge in [-0.25, -0.2) is 4.79 Å². The molecule has 3 amide bonds. The van der Waals surface area contributed by atoms with Crippen LogP contribution in [0.15, 0.2) is 24.5 Å². The number of amides is 3. The lowest BCUT2D eigenvalue weighted by Gasteiger charge is -2.30. The van der Waals surface area contributed by atoms with E-state index in [4.69, 9.17) is 0 Å². The highest BCUT2D eigenvalue weighted by Crippen LogP contribution is 2.34. The van der Waals surface area contributed by atoms with Gasteiger partial charge >= 0.3 is 6.03 Å². The number of imide groups is 1. The highest BCUT2D eigenvalue weighted by atomic mass is 16.2. The van der Waals surface area contributed by atoms with Crippen molar-refractivity contribution in [2.75, 3.05) is 6.54 Å². The topological polar surface area (TPSA) is 84.3 Å². The molecule has 2 aromatic rings. The van der Waals surface area contributed by atoms with Gasteiger partial charge in [-0.3, -0.25) is 19.5 Å². The zero-order chi connectivity index (χ0) is 20.8. The molecule has 0 radical (unpaired) electrons. The summed E-state index contributed by atoms with van der Waals surface area (Å²) < 4.78 is 1.97. The first-order valence-electron chi connectivity index (χ1n) is 10.1. The van der Waals surface area contributed by atoms with Gasteiger partial charge in [0.25, 0.3) is 5.91 Å². The zero-order valence-corrected chi connectivity index (χ0v) is 17.1. The molecular weight excluding hydrogens is 368 g/mol. The number of aromatic nitrogens is 2. The molecule has 4 rings (SSSR count). The van der Waals surface area contributed by atoms with Gasteiger partial charge in [0.15, 0.2) is 5.78 Å². The molecule has 0 aromatic carbocycles. The number of ketones is 1. The van der Waals surface area contributed by atoms with Crippen LogP contribution in [-0.4, -0.2) is 44.3 Å². The maximum atomic E-state index is 13.0. The molecule has 2 aromatic heterocycles. The van der Waals surface area contributed by atoms with Crippen LogP contribution >= 0.6 is 0 Å². The van der Waals surface area contributed by atoms with Gasteiger partial charge in [-0.2, -0.15) is 0 Å². The summed E-state index contributed by atoms with van der Waals surface area (Å²) in [6.07, 6.45) is 7.74. The quantitative estimate of drug-likeness (QED) is 0.637. The first-order chi connectivity index (χ1) is 13.8. The summed E-state index contributed by atoms with van der Waals surface area (Å²) in [5.74, 6) is -0.492. The number of rotatable bonds is 4. The minimum Gasteiger partial charge on any atom is -0.323 e. The van der Waals surface area contributed by atoms with Crippen LogP contribution in [0.3, 0.4) is 0 Å². The molecule has 1 N–H and O–H groups in total. The van der Waals surface area contributed by atoms with Gasteiger partial charge in [0.1, 0.15) is 5.54 Å².